The third-order valence-electron chi connectivity index (χ3n) is 6.01. The van der Waals surface area contributed by atoms with E-state index in [2.05, 4.69) is 10.00 Å². The summed E-state index contributed by atoms with van der Waals surface area (Å²) in [6.07, 6.45) is 8.08. The van der Waals surface area contributed by atoms with E-state index >= 15 is 0 Å². The lowest BCUT2D eigenvalue weighted by atomic mass is 9.98. The number of ether oxygens (including phenoxy) is 2. The van der Waals surface area contributed by atoms with Gasteiger partial charge in [-0.25, -0.2) is 9.51 Å². The molecule has 3 aromatic rings. The van der Waals surface area contributed by atoms with Crippen LogP contribution in [0.15, 0.2) is 47.7 Å². The molecule has 0 amide bonds. The third kappa shape index (κ3) is 4.17. The fourth-order valence-corrected chi connectivity index (χ4v) is 4.36. The first-order chi connectivity index (χ1) is 16.2. The Kier molecular flexibility index (Phi) is 5.97. The smallest absolute Gasteiger partial charge is 0.260 e. The Labute approximate surface area is 192 Å². The van der Waals surface area contributed by atoms with Gasteiger partial charge in [0.25, 0.3) is 5.88 Å². The van der Waals surface area contributed by atoms with Crippen LogP contribution in [-0.2, 0) is 11.8 Å². The van der Waals surface area contributed by atoms with Gasteiger partial charge in [0.15, 0.2) is 5.69 Å². The van der Waals surface area contributed by atoms with Gasteiger partial charge in [0.2, 0.25) is 0 Å². The minimum atomic E-state index is -0.123. The average molecular weight is 449 g/mol. The molecular weight excluding hydrogens is 420 g/mol. The third-order valence-corrected chi connectivity index (χ3v) is 6.01. The number of likely N-dealkylation sites (tertiary alicyclic amines) is 1. The van der Waals surface area contributed by atoms with Crippen LogP contribution in [0.1, 0.15) is 24.1 Å². The predicted octanol–water partition coefficient (Wildman–Crippen LogP) is 2.65. The van der Waals surface area contributed by atoms with Gasteiger partial charge in [0, 0.05) is 37.6 Å². The number of allylic oxidation sites excluding steroid dienone is 1. The van der Waals surface area contributed by atoms with E-state index in [1.54, 1.807) is 4.52 Å². The SMILES string of the molecule is Cn1ccc2c1C(OCCN1CCCC1)=C/C(=N/c1c(OCCO)nn3ccccc13)C2=N. The lowest BCUT2D eigenvalue weighted by Gasteiger charge is -2.21. The average Bonchev–Trinajstić information content (AvgIpc) is 3.55. The minimum absolute atomic E-state index is 0.114. The maximum absolute atomic E-state index is 9.20. The Morgan fingerprint density at radius 3 is 2.79 bits per heavy atom. The van der Waals surface area contributed by atoms with Gasteiger partial charge < -0.3 is 19.1 Å². The molecule has 172 valence electrons. The lowest BCUT2D eigenvalue weighted by Crippen LogP contribution is -2.25. The zero-order valence-electron chi connectivity index (χ0n) is 18.7. The second-order valence-electron chi connectivity index (χ2n) is 8.22. The van der Waals surface area contributed by atoms with Gasteiger partial charge in [0.1, 0.15) is 19.0 Å². The van der Waals surface area contributed by atoms with Crippen molar-refractivity contribution in [3.05, 3.63) is 54.0 Å². The van der Waals surface area contributed by atoms with Gasteiger partial charge in [-0.2, -0.15) is 0 Å². The molecule has 5 rings (SSSR count). The van der Waals surface area contributed by atoms with Crippen LogP contribution in [0.4, 0.5) is 5.69 Å². The Morgan fingerprint density at radius 2 is 1.97 bits per heavy atom. The van der Waals surface area contributed by atoms with E-state index in [4.69, 9.17) is 19.9 Å². The molecule has 2 aliphatic rings. The Balaban J connectivity index is 1.51. The lowest BCUT2D eigenvalue weighted by molar-refractivity contribution is 0.197. The van der Waals surface area contributed by atoms with Crippen LogP contribution in [0.25, 0.3) is 11.3 Å². The molecule has 9 nitrogen and oxygen atoms in total. The molecule has 0 atom stereocenters. The van der Waals surface area contributed by atoms with E-state index in [0.29, 0.717) is 35.4 Å². The monoisotopic (exact) mass is 448 g/mol. The second-order valence-corrected chi connectivity index (χ2v) is 8.22. The summed E-state index contributed by atoms with van der Waals surface area (Å²) in [4.78, 5) is 7.22. The van der Waals surface area contributed by atoms with Gasteiger partial charge in [-0.05, 0) is 44.1 Å². The Bertz CT molecular complexity index is 1230. The molecule has 0 aromatic carbocycles. The quantitative estimate of drug-likeness (QED) is 0.552. The normalized spacial score (nSPS) is 17.6. The molecular formula is C24H28N6O3. The number of fused-ring (bicyclic) bond motifs is 2. The zero-order valence-corrected chi connectivity index (χ0v) is 18.7. The highest BCUT2D eigenvalue weighted by atomic mass is 16.5. The summed E-state index contributed by atoms with van der Waals surface area (Å²) in [6, 6.07) is 7.59. The molecule has 1 aliphatic carbocycles. The molecule has 9 heteroatoms. The number of aliphatic hydroxyl groups excluding tert-OH is 1. The number of nitrogens with zero attached hydrogens (tertiary/aromatic N) is 5. The maximum atomic E-state index is 9.20. The topological polar surface area (TPSA) is 100 Å². The van der Waals surface area contributed by atoms with E-state index in [-0.39, 0.29) is 13.2 Å². The van der Waals surface area contributed by atoms with Crippen LogP contribution in [0.2, 0.25) is 0 Å². The maximum Gasteiger partial charge on any atom is 0.260 e. The van der Waals surface area contributed by atoms with E-state index in [1.165, 1.54) is 12.8 Å². The summed E-state index contributed by atoms with van der Waals surface area (Å²) < 4.78 is 15.5. The standard InChI is InChI=1S/C24H28N6O3/c1-28-11-7-17-21(25)18(16-20(23(17)28)32-14-12-29-8-4-5-9-29)26-22-19-6-2-3-10-30(19)27-24(22)33-15-13-31/h2-3,6-7,10-11,16,25,31H,4-5,8-9,12-15H2,1H3/b25-21?,26-18-. The number of hydrogen-bond acceptors (Lipinski definition) is 7. The van der Waals surface area contributed by atoms with Crippen molar-refractivity contribution < 1.29 is 14.6 Å². The van der Waals surface area contributed by atoms with Crippen molar-refractivity contribution in [2.75, 3.05) is 39.5 Å². The minimum Gasteiger partial charge on any atom is -0.490 e. The number of pyridine rings is 1. The molecule has 0 unspecified atom stereocenters. The fraction of sp³-hybridized carbons (Fsp3) is 0.375. The molecule has 1 aliphatic heterocycles. The summed E-state index contributed by atoms with van der Waals surface area (Å²) in [5, 5.41) is 22.5. The number of aryl methyl sites for hydroxylation is 1. The number of hydrogen-bond donors (Lipinski definition) is 2. The van der Waals surface area contributed by atoms with Crippen LogP contribution < -0.4 is 4.74 Å². The summed E-state index contributed by atoms with van der Waals surface area (Å²) in [6.45, 7) is 3.71. The van der Waals surface area contributed by atoms with Crippen LogP contribution in [-0.4, -0.2) is 75.1 Å². The summed E-state index contributed by atoms with van der Waals surface area (Å²) in [5.41, 5.74) is 3.75. The van der Waals surface area contributed by atoms with Crippen molar-refractivity contribution in [1.82, 2.24) is 19.1 Å². The first-order valence-corrected chi connectivity index (χ1v) is 11.3. The Morgan fingerprint density at radius 1 is 1.12 bits per heavy atom. The largest absolute Gasteiger partial charge is 0.490 e. The van der Waals surface area contributed by atoms with Gasteiger partial charge in [-0.15, -0.1) is 5.10 Å². The van der Waals surface area contributed by atoms with Crippen molar-refractivity contribution in [3.8, 4) is 5.88 Å². The molecule has 33 heavy (non-hydrogen) atoms. The number of aliphatic imine (C=N–C) groups is 1. The van der Waals surface area contributed by atoms with Crippen LogP contribution >= 0.6 is 0 Å². The van der Waals surface area contributed by atoms with Crippen molar-refractivity contribution in [1.29, 1.82) is 5.41 Å². The number of nitrogens with one attached hydrogen (secondary N) is 1. The molecule has 4 heterocycles. The molecule has 0 spiro atoms. The zero-order chi connectivity index (χ0) is 22.8. The number of rotatable bonds is 8. The Hall–Kier alpha value is -3.43. The molecule has 3 aromatic heterocycles. The summed E-state index contributed by atoms with van der Waals surface area (Å²) in [7, 11) is 1.96. The van der Waals surface area contributed by atoms with E-state index in [0.717, 1.165) is 36.4 Å². The predicted molar refractivity (Wildman–Crippen MR) is 127 cm³/mol. The molecule has 0 bridgehead atoms. The van der Waals surface area contributed by atoms with E-state index < -0.39 is 0 Å². The van der Waals surface area contributed by atoms with Gasteiger partial charge in [-0.1, -0.05) is 6.07 Å². The van der Waals surface area contributed by atoms with E-state index in [1.807, 2.05) is 54.3 Å². The van der Waals surface area contributed by atoms with Gasteiger partial charge >= 0.3 is 0 Å². The molecule has 1 fully saturated rings. The highest BCUT2D eigenvalue weighted by Crippen LogP contribution is 2.34. The van der Waals surface area contributed by atoms with Crippen molar-refractivity contribution in [2.24, 2.45) is 12.0 Å². The second kappa shape index (κ2) is 9.21. The highest BCUT2D eigenvalue weighted by molar-refractivity contribution is 6.54. The first kappa shape index (κ1) is 21.4. The molecule has 2 N–H and O–H groups in total. The van der Waals surface area contributed by atoms with Crippen molar-refractivity contribution in [3.63, 3.8) is 0 Å². The summed E-state index contributed by atoms with van der Waals surface area (Å²) in [5.74, 6) is 1.03. The van der Waals surface area contributed by atoms with Crippen LogP contribution in [0.3, 0.4) is 0 Å². The highest BCUT2D eigenvalue weighted by Gasteiger charge is 2.27. The molecule has 1 saturated heterocycles. The molecule has 0 radical (unpaired) electrons. The van der Waals surface area contributed by atoms with Gasteiger partial charge in [0.05, 0.1) is 29.2 Å². The van der Waals surface area contributed by atoms with Crippen molar-refractivity contribution in [2.45, 2.75) is 12.8 Å². The number of aromatic nitrogens is 3. The summed E-state index contributed by atoms with van der Waals surface area (Å²) >= 11 is 0. The van der Waals surface area contributed by atoms with Gasteiger partial charge in [-0.3, -0.25) is 10.3 Å². The fourth-order valence-electron chi connectivity index (χ4n) is 4.36. The van der Waals surface area contributed by atoms with Crippen LogP contribution in [0.5, 0.6) is 5.88 Å². The molecule has 0 saturated carbocycles. The van der Waals surface area contributed by atoms with Crippen molar-refractivity contribution >= 4 is 28.4 Å². The number of aliphatic hydroxyl groups is 1. The van der Waals surface area contributed by atoms with E-state index in [9.17, 15) is 5.11 Å². The van der Waals surface area contributed by atoms with Crippen LogP contribution in [0, 0.1) is 5.41 Å². The first-order valence-electron chi connectivity index (χ1n) is 11.3.